The standard InChI is InChI=1S/C25H42N4O2/c1-5-16-20-13-15(30)8-10-25(20,4)19-9-11-24(3)17(6-7-18(24)22(19)23(16)31)14(2)12-21-26-28-29-27-21/h14-20,22-23,30-31H,5-13H2,1-4H3,(H,26,27,28,29)/t14-,15-,16-,17-,18?,19?,20+,22+,23-,24-,25-/m1/s1. The molecule has 1 aromatic heterocycles. The molecule has 0 aliphatic heterocycles. The summed E-state index contributed by atoms with van der Waals surface area (Å²) in [6.45, 7) is 9.67. The van der Waals surface area contributed by atoms with E-state index in [0.29, 0.717) is 46.8 Å². The predicted molar refractivity (Wildman–Crippen MR) is 119 cm³/mol. The second-order valence-corrected chi connectivity index (χ2v) is 12.1. The SMILES string of the molecule is CC[C@H]1[C@@H](O)[C@H]2C3CC[C@H]([C@H](C)Cc4nn[nH]n4)[C@@]3(C)CCC2[C@@]2(C)CC[C@@H](O)C[C@@H]12. The predicted octanol–water partition coefficient (Wildman–Crippen LogP) is 4.01. The zero-order valence-electron chi connectivity index (χ0n) is 19.8. The van der Waals surface area contributed by atoms with Crippen molar-refractivity contribution < 1.29 is 10.2 Å². The maximum atomic E-state index is 11.8. The molecule has 0 saturated heterocycles. The van der Waals surface area contributed by atoms with Crippen LogP contribution in [0.3, 0.4) is 0 Å². The monoisotopic (exact) mass is 430 g/mol. The average Bonchev–Trinajstić information content (AvgIpc) is 3.36. The molecule has 0 radical (unpaired) electrons. The van der Waals surface area contributed by atoms with Crippen molar-refractivity contribution in [3.8, 4) is 0 Å². The van der Waals surface area contributed by atoms with Gasteiger partial charge in [0.25, 0.3) is 0 Å². The van der Waals surface area contributed by atoms with E-state index in [9.17, 15) is 10.2 Å². The van der Waals surface area contributed by atoms with Gasteiger partial charge in [0.15, 0.2) is 5.82 Å². The molecule has 3 N–H and O–H groups in total. The van der Waals surface area contributed by atoms with E-state index < -0.39 is 0 Å². The molecule has 11 atom stereocenters. The minimum atomic E-state index is -0.214. The Morgan fingerprint density at radius 3 is 2.48 bits per heavy atom. The van der Waals surface area contributed by atoms with Crippen molar-refractivity contribution in [2.24, 2.45) is 52.3 Å². The van der Waals surface area contributed by atoms with Crippen LogP contribution in [-0.4, -0.2) is 43.0 Å². The quantitative estimate of drug-likeness (QED) is 0.671. The fraction of sp³-hybridized carbons (Fsp3) is 0.960. The Morgan fingerprint density at radius 1 is 1.03 bits per heavy atom. The van der Waals surface area contributed by atoms with Crippen molar-refractivity contribution in [1.82, 2.24) is 20.6 Å². The average molecular weight is 431 g/mol. The summed E-state index contributed by atoms with van der Waals surface area (Å²) in [6, 6.07) is 0. The second-order valence-electron chi connectivity index (χ2n) is 12.1. The minimum absolute atomic E-state index is 0.174. The molecule has 31 heavy (non-hydrogen) atoms. The maximum absolute atomic E-state index is 11.8. The number of aromatic amines is 1. The largest absolute Gasteiger partial charge is 0.393 e. The van der Waals surface area contributed by atoms with Crippen LogP contribution in [0.5, 0.6) is 0 Å². The van der Waals surface area contributed by atoms with Gasteiger partial charge in [-0.05, 0) is 97.2 Å². The van der Waals surface area contributed by atoms with Crippen molar-refractivity contribution in [3.63, 3.8) is 0 Å². The highest BCUT2D eigenvalue weighted by atomic mass is 16.3. The van der Waals surface area contributed by atoms with E-state index >= 15 is 0 Å². The van der Waals surface area contributed by atoms with Crippen LogP contribution in [0, 0.1) is 52.3 Å². The Balaban J connectivity index is 1.43. The molecule has 4 aliphatic carbocycles. The van der Waals surface area contributed by atoms with E-state index in [0.717, 1.165) is 37.9 Å². The Hall–Kier alpha value is -1.01. The lowest BCUT2D eigenvalue weighted by molar-refractivity contribution is -0.203. The van der Waals surface area contributed by atoms with Gasteiger partial charge < -0.3 is 10.2 Å². The molecule has 1 heterocycles. The zero-order valence-corrected chi connectivity index (χ0v) is 19.8. The number of fused-ring (bicyclic) bond motifs is 5. The van der Waals surface area contributed by atoms with Crippen LogP contribution in [0.15, 0.2) is 0 Å². The van der Waals surface area contributed by atoms with Crippen LogP contribution in [-0.2, 0) is 6.42 Å². The highest BCUT2D eigenvalue weighted by Crippen LogP contribution is 2.69. The molecular formula is C25H42N4O2. The van der Waals surface area contributed by atoms with Crippen molar-refractivity contribution in [1.29, 1.82) is 0 Å². The first-order valence-electron chi connectivity index (χ1n) is 12.9. The number of tetrazole rings is 1. The van der Waals surface area contributed by atoms with Crippen molar-refractivity contribution in [3.05, 3.63) is 5.82 Å². The number of aliphatic hydroxyl groups is 2. The summed E-state index contributed by atoms with van der Waals surface area (Å²) in [4.78, 5) is 0. The van der Waals surface area contributed by atoms with E-state index in [1.54, 1.807) is 0 Å². The summed E-state index contributed by atoms with van der Waals surface area (Å²) in [5.74, 6) is 4.44. The highest BCUT2D eigenvalue weighted by molar-refractivity contribution is 5.13. The fourth-order valence-corrected chi connectivity index (χ4v) is 9.63. The number of nitrogens with one attached hydrogen (secondary N) is 1. The number of hydrogen-bond donors (Lipinski definition) is 3. The smallest absolute Gasteiger partial charge is 0.174 e. The molecule has 6 nitrogen and oxygen atoms in total. The van der Waals surface area contributed by atoms with Crippen molar-refractivity contribution >= 4 is 0 Å². The Bertz CT molecular complexity index is 772. The van der Waals surface area contributed by atoms with Crippen molar-refractivity contribution in [2.75, 3.05) is 0 Å². The topological polar surface area (TPSA) is 94.9 Å². The van der Waals surface area contributed by atoms with Crippen LogP contribution >= 0.6 is 0 Å². The fourth-order valence-electron chi connectivity index (χ4n) is 9.63. The third kappa shape index (κ3) is 3.22. The number of nitrogens with zero attached hydrogens (tertiary/aromatic N) is 3. The van der Waals surface area contributed by atoms with Gasteiger partial charge in [0, 0.05) is 6.42 Å². The van der Waals surface area contributed by atoms with E-state index in [4.69, 9.17) is 0 Å². The molecule has 2 unspecified atom stereocenters. The van der Waals surface area contributed by atoms with Gasteiger partial charge in [-0.2, -0.15) is 5.21 Å². The van der Waals surface area contributed by atoms with Gasteiger partial charge in [-0.1, -0.05) is 39.3 Å². The van der Waals surface area contributed by atoms with Crippen LogP contribution in [0.2, 0.25) is 0 Å². The van der Waals surface area contributed by atoms with Crippen LogP contribution in [0.1, 0.15) is 84.9 Å². The molecule has 0 spiro atoms. The summed E-state index contributed by atoms with van der Waals surface area (Å²) < 4.78 is 0. The molecule has 0 amide bonds. The number of aromatic nitrogens is 4. The van der Waals surface area contributed by atoms with E-state index in [1.165, 1.54) is 25.7 Å². The minimum Gasteiger partial charge on any atom is -0.393 e. The first-order chi connectivity index (χ1) is 14.8. The molecule has 4 aliphatic rings. The lowest BCUT2D eigenvalue weighted by Gasteiger charge is -2.64. The zero-order chi connectivity index (χ0) is 22.0. The molecule has 4 saturated carbocycles. The number of rotatable bonds is 4. The molecule has 0 bridgehead atoms. The third-order valence-corrected chi connectivity index (χ3v) is 11.0. The molecule has 0 aromatic carbocycles. The molecule has 6 heteroatoms. The Labute approximate surface area is 187 Å². The lowest BCUT2D eigenvalue weighted by atomic mass is 9.41. The number of aliphatic hydroxyl groups excluding tert-OH is 2. The van der Waals surface area contributed by atoms with E-state index in [2.05, 4.69) is 48.3 Å². The lowest BCUT2D eigenvalue weighted by Crippen LogP contribution is -2.62. The molecule has 1 aromatic rings. The normalized spacial score (nSPS) is 50.4. The van der Waals surface area contributed by atoms with Gasteiger partial charge in [-0.15, -0.1) is 10.2 Å². The van der Waals surface area contributed by atoms with E-state index in [-0.39, 0.29) is 17.6 Å². The van der Waals surface area contributed by atoms with Gasteiger partial charge in [0.2, 0.25) is 0 Å². The summed E-state index contributed by atoms with van der Waals surface area (Å²) in [5, 5.41) is 37.0. The van der Waals surface area contributed by atoms with Gasteiger partial charge >= 0.3 is 0 Å². The van der Waals surface area contributed by atoms with Crippen LogP contribution < -0.4 is 0 Å². The second kappa shape index (κ2) is 7.79. The molecular weight excluding hydrogens is 388 g/mol. The Kier molecular flexibility index (Phi) is 5.48. The van der Waals surface area contributed by atoms with Crippen molar-refractivity contribution in [2.45, 2.75) is 97.7 Å². The van der Waals surface area contributed by atoms with Crippen LogP contribution in [0.25, 0.3) is 0 Å². The van der Waals surface area contributed by atoms with Gasteiger partial charge in [-0.25, -0.2) is 0 Å². The summed E-state index contributed by atoms with van der Waals surface area (Å²) in [7, 11) is 0. The number of H-pyrrole nitrogens is 1. The summed E-state index contributed by atoms with van der Waals surface area (Å²) >= 11 is 0. The van der Waals surface area contributed by atoms with Gasteiger partial charge in [0.1, 0.15) is 0 Å². The first-order valence-corrected chi connectivity index (χ1v) is 12.9. The van der Waals surface area contributed by atoms with Gasteiger partial charge in [0.05, 0.1) is 12.2 Å². The third-order valence-electron chi connectivity index (χ3n) is 11.0. The van der Waals surface area contributed by atoms with E-state index in [1.807, 2.05) is 0 Å². The Morgan fingerprint density at radius 2 is 1.77 bits per heavy atom. The molecule has 5 rings (SSSR count). The molecule has 174 valence electrons. The summed E-state index contributed by atoms with van der Waals surface area (Å²) in [6.07, 6.45) is 9.49. The maximum Gasteiger partial charge on any atom is 0.174 e. The van der Waals surface area contributed by atoms with Crippen LogP contribution in [0.4, 0.5) is 0 Å². The number of hydrogen-bond acceptors (Lipinski definition) is 5. The highest BCUT2D eigenvalue weighted by Gasteiger charge is 2.64. The summed E-state index contributed by atoms with van der Waals surface area (Å²) in [5.41, 5.74) is 0.570. The first kappa shape index (κ1) is 21.8. The van der Waals surface area contributed by atoms with Gasteiger partial charge in [-0.3, -0.25) is 0 Å². The molecule has 4 fully saturated rings.